The Morgan fingerprint density at radius 3 is 1.63 bits per heavy atom. The maximum atomic E-state index is 13.8. The summed E-state index contributed by atoms with van der Waals surface area (Å²) in [4.78, 5) is 0.370. The van der Waals surface area contributed by atoms with Crippen molar-refractivity contribution in [3.63, 3.8) is 0 Å². The zero-order valence-electron chi connectivity index (χ0n) is 16.7. The van der Waals surface area contributed by atoms with Gasteiger partial charge in [-0.1, -0.05) is 53.0 Å². The zero-order valence-corrected chi connectivity index (χ0v) is 18.3. The first-order valence-corrected chi connectivity index (χ1v) is 11.8. The molecule has 0 saturated heterocycles. The minimum atomic E-state index is -4.10. The van der Waals surface area contributed by atoms with Crippen LogP contribution in [0.5, 0.6) is 0 Å². The van der Waals surface area contributed by atoms with E-state index in [0.29, 0.717) is 4.90 Å². The maximum Gasteiger partial charge on any atom is 0.291 e. The normalized spacial score (nSPS) is 14.8. The second-order valence-corrected chi connectivity index (χ2v) is 11.4. The third-order valence-corrected chi connectivity index (χ3v) is 8.91. The van der Waals surface area contributed by atoms with Gasteiger partial charge in [0.15, 0.2) is 9.92 Å². The molecular formula is C20H28N2O3S2. The SMILES string of the molecule is Cc1ccc(S(=O)(=O)N=S(=O)(NC(C)(C)C(C)C)c2ccc(C)cc2)cc1. The van der Waals surface area contributed by atoms with Crippen LogP contribution in [-0.4, -0.2) is 18.2 Å². The molecule has 5 nitrogen and oxygen atoms in total. The van der Waals surface area contributed by atoms with Crippen molar-refractivity contribution in [1.82, 2.24) is 4.72 Å². The van der Waals surface area contributed by atoms with E-state index in [1.807, 2.05) is 41.5 Å². The van der Waals surface area contributed by atoms with Crippen LogP contribution >= 0.6 is 0 Å². The quantitative estimate of drug-likeness (QED) is 0.767. The fourth-order valence-corrected chi connectivity index (χ4v) is 6.20. The Labute approximate surface area is 163 Å². The van der Waals surface area contributed by atoms with Crippen LogP contribution in [-0.2, 0) is 19.9 Å². The van der Waals surface area contributed by atoms with Gasteiger partial charge in [0.2, 0.25) is 0 Å². The van der Waals surface area contributed by atoms with Crippen LogP contribution in [0.3, 0.4) is 0 Å². The molecule has 1 N–H and O–H groups in total. The van der Waals surface area contributed by atoms with E-state index < -0.39 is 25.5 Å². The summed E-state index contributed by atoms with van der Waals surface area (Å²) in [5.74, 6) is 0.112. The lowest BCUT2D eigenvalue weighted by atomic mass is 9.92. The predicted molar refractivity (Wildman–Crippen MR) is 110 cm³/mol. The van der Waals surface area contributed by atoms with Crippen LogP contribution < -0.4 is 4.72 Å². The van der Waals surface area contributed by atoms with Crippen molar-refractivity contribution in [3.8, 4) is 0 Å². The number of sulfonamides is 1. The number of nitrogens with one attached hydrogen (secondary N) is 1. The molecule has 0 amide bonds. The van der Waals surface area contributed by atoms with Crippen molar-refractivity contribution >= 4 is 19.9 Å². The van der Waals surface area contributed by atoms with E-state index in [0.717, 1.165) is 11.1 Å². The third-order valence-electron chi connectivity index (χ3n) is 4.71. The van der Waals surface area contributed by atoms with E-state index in [1.165, 1.54) is 12.1 Å². The monoisotopic (exact) mass is 408 g/mol. The number of aryl methyl sites for hydroxylation is 2. The van der Waals surface area contributed by atoms with Crippen molar-refractivity contribution < 1.29 is 12.6 Å². The fraction of sp³-hybridized carbons (Fsp3) is 0.400. The molecule has 27 heavy (non-hydrogen) atoms. The Morgan fingerprint density at radius 2 is 1.22 bits per heavy atom. The lowest BCUT2D eigenvalue weighted by Gasteiger charge is -2.32. The molecule has 0 heterocycles. The van der Waals surface area contributed by atoms with E-state index >= 15 is 0 Å². The van der Waals surface area contributed by atoms with Crippen LogP contribution in [0.2, 0.25) is 0 Å². The summed E-state index contributed by atoms with van der Waals surface area (Å²) in [5, 5.41) is 0. The Kier molecular flexibility index (Phi) is 6.19. The van der Waals surface area contributed by atoms with Gasteiger partial charge in [-0.05, 0) is 57.9 Å². The molecule has 1 unspecified atom stereocenters. The number of hydrogen-bond donors (Lipinski definition) is 1. The van der Waals surface area contributed by atoms with Crippen molar-refractivity contribution in [2.75, 3.05) is 0 Å². The molecule has 0 radical (unpaired) electrons. The summed E-state index contributed by atoms with van der Waals surface area (Å²) in [7, 11) is -7.52. The smallest absolute Gasteiger partial charge is 0.228 e. The van der Waals surface area contributed by atoms with Crippen molar-refractivity contribution in [2.45, 2.75) is 56.9 Å². The number of nitrogens with zero attached hydrogens (tertiary/aromatic N) is 1. The highest BCUT2D eigenvalue weighted by atomic mass is 32.3. The van der Waals surface area contributed by atoms with E-state index in [9.17, 15) is 12.6 Å². The first-order chi connectivity index (χ1) is 12.4. The minimum absolute atomic E-state index is 0.0251. The minimum Gasteiger partial charge on any atom is -0.228 e. The van der Waals surface area contributed by atoms with Gasteiger partial charge in [-0.2, -0.15) is 8.42 Å². The highest BCUT2D eigenvalue weighted by Gasteiger charge is 2.30. The Hall–Kier alpha value is -1.70. The first kappa shape index (κ1) is 21.6. The maximum absolute atomic E-state index is 13.8. The van der Waals surface area contributed by atoms with Crippen LogP contribution in [0.15, 0.2) is 62.1 Å². The van der Waals surface area contributed by atoms with E-state index in [-0.39, 0.29) is 10.8 Å². The van der Waals surface area contributed by atoms with Gasteiger partial charge in [-0.3, -0.25) is 0 Å². The van der Waals surface area contributed by atoms with Crippen molar-refractivity contribution in [1.29, 1.82) is 0 Å². The highest BCUT2D eigenvalue weighted by molar-refractivity contribution is 8.02. The van der Waals surface area contributed by atoms with Gasteiger partial charge < -0.3 is 0 Å². The molecule has 0 spiro atoms. The Bertz CT molecular complexity index is 1010. The van der Waals surface area contributed by atoms with Gasteiger partial charge in [0.25, 0.3) is 10.0 Å². The average molecular weight is 409 g/mol. The lowest BCUT2D eigenvalue weighted by Crippen LogP contribution is -2.47. The van der Waals surface area contributed by atoms with Gasteiger partial charge in [-0.25, -0.2) is 8.93 Å². The van der Waals surface area contributed by atoms with Crippen molar-refractivity contribution in [2.24, 2.45) is 9.69 Å². The molecule has 7 heteroatoms. The summed E-state index contributed by atoms with van der Waals surface area (Å²) < 4.78 is 46.5. The molecule has 2 aromatic rings. The number of hydrogen-bond acceptors (Lipinski definition) is 3. The number of rotatable bonds is 6. The van der Waals surface area contributed by atoms with Crippen molar-refractivity contribution in [3.05, 3.63) is 59.7 Å². The second kappa shape index (κ2) is 7.73. The molecule has 0 fully saturated rings. The molecule has 148 valence electrons. The molecule has 0 bridgehead atoms. The van der Waals surface area contributed by atoms with E-state index in [1.54, 1.807) is 36.4 Å². The van der Waals surface area contributed by atoms with Crippen LogP contribution in [0, 0.1) is 19.8 Å². The van der Waals surface area contributed by atoms with Gasteiger partial charge in [-0.15, -0.1) is 0 Å². The Morgan fingerprint density at radius 1 is 0.815 bits per heavy atom. The zero-order chi connectivity index (χ0) is 20.5. The van der Waals surface area contributed by atoms with E-state index in [2.05, 4.69) is 8.49 Å². The van der Waals surface area contributed by atoms with Gasteiger partial charge >= 0.3 is 0 Å². The van der Waals surface area contributed by atoms with Gasteiger partial charge in [0.05, 0.1) is 9.79 Å². The van der Waals surface area contributed by atoms with Crippen LogP contribution in [0.1, 0.15) is 38.8 Å². The first-order valence-electron chi connectivity index (χ1n) is 8.81. The summed E-state index contributed by atoms with van der Waals surface area (Å²) in [6, 6.07) is 13.3. The topological polar surface area (TPSA) is 75.6 Å². The molecule has 0 aliphatic heterocycles. The van der Waals surface area contributed by atoms with Crippen LogP contribution in [0.4, 0.5) is 0 Å². The summed E-state index contributed by atoms with van der Waals surface area (Å²) in [5.41, 5.74) is 1.34. The Balaban J connectivity index is 2.68. The molecule has 2 aromatic carbocycles. The predicted octanol–water partition coefficient (Wildman–Crippen LogP) is 4.46. The lowest BCUT2D eigenvalue weighted by molar-refractivity contribution is 0.341. The van der Waals surface area contributed by atoms with Crippen LogP contribution in [0.25, 0.3) is 0 Å². The van der Waals surface area contributed by atoms with Gasteiger partial charge in [0.1, 0.15) is 0 Å². The standard InChI is InChI=1S/C20H28N2O3S2/c1-15(2)20(5,6)21-26(23,18-11-7-16(3)8-12-18)22-27(24,25)19-13-9-17(4)10-14-19/h7-15H,1-6H3,(H,21,22,23). The summed E-state index contributed by atoms with van der Waals surface area (Å²) in [6.45, 7) is 11.5. The highest BCUT2D eigenvalue weighted by Crippen LogP contribution is 2.24. The van der Waals surface area contributed by atoms with Gasteiger partial charge in [0, 0.05) is 5.54 Å². The molecule has 1 atom stereocenters. The molecule has 0 aliphatic rings. The third kappa shape index (κ3) is 5.18. The second-order valence-electron chi connectivity index (χ2n) is 7.68. The summed E-state index contributed by atoms with van der Waals surface area (Å²) >= 11 is 0. The molecule has 0 aliphatic carbocycles. The molecule has 2 rings (SSSR count). The number of benzene rings is 2. The average Bonchev–Trinajstić information content (AvgIpc) is 2.54. The largest absolute Gasteiger partial charge is 0.291 e. The molecule has 0 aromatic heterocycles. The summed E-state index contributed by atoms with van der Waals surface area (Å²) in [6.07, 6.45) is 0. The molecular weight excluding hydrogens is 380 g/mol. The fourth-order valence-electron chi connectivity index (χ4n) is 2.21. The molecule has 0 saturated carbocycles. The van der Waals surface area contributed by atoms with E-state index in [4.69, 9.17) is 0 Å².